The van der Waals surface area contributed by atoms with E-state index in [0.717, 1.165) is 16.8 Å². The van der Waals surface area contributed by atoms with Crippen molar-refractivity contribution in [1.29, 1.82) is 0 Å². The van der Waals surface area contributed by atoms with Crippen molar-refractivity contribution in [3.8, 4) is 0 Å². The highest BCUT2D eigenvalue weighted by atomic mass is 32.2. The summed E-state index contributed by atoms with van der Waals surface area (Å²) in [5.74, 6) is -1.20. The number of fused-ring (bicyclic) bond motifs is 1. The number of benzene rings is 2. The van der Waals surface area contributed by atoms with Crippen LogP contribution in [0, 0.1) is 5.82 Å². The van der Waals surface area contributed by atoms with Crippen LogP contribution in [-0.4, -0.2) is 36.7 Å². The third kappa shape index (κ3) is 4.48. The maximum atomic E-state index is 14.2. The van der Waals surface area contributed by atoms with Crippen LogP contribution < -0.4 is 20.7 Å². The number of hydrogen-bond donors (Lipinski definition) is 3. The highest BCUT2D eigenvalue weighted by molar-refractivity contribution is 7.92. The molecule has 0 unspecified atom stereocenters. The lowest BCUT2D eigenvalue weighted by atomic mass is 10.3. The fourth-order valence-corrected chi connectivity index (χ4v) is 3.26. The summed E-state index contributed by atoms with van der Waals surface area (Å²) in [5.41, 5.74) is 2.40. The number of hydrogen-bond acceptors (Lipinski definition) is 8. The summed E-state index contributed by atoms with van der Waals surface area (Å²) in [4.78, 5) is 21.9. The van der Waals surface area contributed by atoms with Crippen molar-refractivity contribution in [3.63, 3.8) is 0 Å². The lowest BCUT2D eigenvalue weighted by Crippen LogP contribution is -2.24. The molecule has 0 aliphatic rings. The van der Waals surface area contributed by atoms with Gasteiger partial charge in [0.25, 0.3) is 0 Å². The standard InChI is InChI=1S/C19H17FN6O4S/c1-26(31(2,28)29)13-6-3-11(4-7-13)23-18-21-10-14(20)17(25-18)22-12-5-8-16-15(9-12)24-19(27)30-16/h3-10H,1-2H3,(H,24,27)(H2,21,22,23,25). The molecule has 2 heterocycles. The number of aromatic nitrogens is 3. The Bertz CT molecular complexity index is 1420. The monoisotopic (exact) mass is 444 g/mol. The second-order valence-corrected chi connectivity index (χ2v) is 8.66. The highest BCUT2D eigenvalue weighted by Gasteiger charge is 2.12. The zero-order valence-corrected chi connectivity index (χ0v) is 17.2. The molecule has 31 heavy (non-hydrogen) atoms. The molecule has 0 saturated carbocycles. The van der Waals surface area contributed by atoms with Crippen molar-refractivity contribution in [2.75, 3.05) is 28.2 Å². The molecule has 2 aromatic carbocycles. The molecule has 160 valence electrons. The van der Waals surface area contributed by atoms with Crippen molar-refractivity contribution >= 4 is 50.0 Å². The fourth-order valence-electron chi connectivity index (χ4n) is 2.76. The fraction of sp³-hybridized carbons (Fsp3) is 0.105. The zero-order valence-electron chi connectivity index (χ0n) is 16.4. The van der Waals surface area contributed by atoms with Crippen LogP contribution in [-0.2, 0) is 10.0 Å². The molecule has 0 aliphatic heterocycles. The first-order chi connectivity index (χ1) is 14.7. The smallest absolute Gasteiger partial charge is 0.408 e. The molecule has 2 aromatic heterocycles. The van der Waals surface area contributed by atoms with Gasteiger partial charge in [-0.05, 0) is 42.5 Å². The number of aromatic amines is 1. The Morgan fingerprint density at radius 2 is 1.81 bits per heavy atom. The molecule has 0 aliphatic carbocycles. The van der Waals surface area contributed by atoms with Gasteiger partial charge in [-0.3, -0.25) is 9.29 Å². The largest absolute Gasteiger partial charge is 0.417 e. The molecule has 0 amide bonds. The van der Waals surface area contributed by atoms with Gasteiger partial charge in [-0.1, -0.05) is 0 Å². The second-order valence-electron chi connectivity index (χ2n) is 6.64. The van der Waals surface area contributed by atoms with E-state index in [4.69, 9.17) is 4.42 Å². The first-order valence-electron chi connectivity index (χ1n) is 8.92. The maximum Gasteiger partial charge on any atom is 0.417 e. The maximum absolute atomic E-state index is 14.2. The third-order valence-electron chi connectivity index (χ3n) is 4.41. The third-order valence-corrected chi connectivity index (χ3v) is 5.62. The van der Waals surface area contributed by atoms with Gasteiger partial charge in [-0.25, -0.2) is 22.6 Å². The molecule has 0 saturated heterocycles. The van der Waals surface area contributed by atoms with Gasteiger partial charge in [0, 0.05) is 18.4 Å². The van der Waals surface area contributed by atoms with E-state index < -0.39 is 21.6 Å². The molecule has 12 heteroatoms. The summed E-state index contributed by atoms with van der Waals surface area (Å²) >= 11 is 0. The minimum atomic E-state index is -3.37. The van der Waals surface area contributed by atoms with Gasteiger partial charge >= 0.3 is 5.76 Å². The minimum Gasteiger partial charge on any atom is -0.408 e. The Kier molecular flexibility index (Phi) is 5.07. The van der Waals surface area contributed by atoms with Gasteiger partial charge in [-0.15, -0.1) is 0 Å². The van der Waals surface area contributed by atoms with Crippen LogP contribution in [0.3, 0.4) is 0 Å². The predicted molar refractivity (Wildman–Crippen MR) is 115 cm³/mol. The molecule has 4 rings (SSSR count). The molecule has 4 aromatic rings. The van der Waals surface area contributed by atoms with E-state index in [1.165, 1.54) is 7.05 Å². The number of H-pyrrole nitrogens is 1. The molecule has 0 fully saturated rings. The van der Waals surface area contributed by atoms with Crippen LogP contribution in [0.15, 0.2) is 57.9 Å². The van der Waals surface area contributed by atoms with Gasteiger partial charge in [0.05, 0.1) is 23.7 Å². The van der Waals surface area contributed by atoms with E-state index in [9.17, 15) is 17.6 Å². The average molecular weight is 444 g/mol. The van der Waals surface area contributed by atoms with Crippen molar-refractivity contribution < 1.29 is 17.2 Å². The van der Waals surface area contributed by atoms with Gasteiger partial charge in [-0.2, -0.15) is 4.98 Å². The first kappa shape index (κ1) is 20.3. The number of oxazole rings is 1. The Balaban J connectivity index is 1.54. The predicted octanol–water partition coefficient (Wildman–Crippen LogP) is 2.93. The van der Waals surface area contributed by atoms with E-state index >= 15 is 0 Å². The number of nitrogens with one attached hydrogen (secondary N) is 3. The van der Waals surface area contributed by atoms with Gasteiger partial charge in [0.1, 0.15) is 0 Å². The first-order valence-corrected chi connectivity index (χ1v) is 10.8. The van der Waals surface area contributed by atoms with E-state index in [-0.39, 0.29) is 11.8 Å². The molecular formula is C19H17FN6O4S. The lowest BCUT2D eigenvalue weighted by molar-refractivity contribution is 0.555. The minimum absolute atomic E-state index is 0.0730. The zero-order chi connectivity index (χ0) is 22.2. The van der Waals surface area contributed by atoms with Crippen LogP contribution in [0.25, 0.3) is 11.1 Å². The Labute approximate surface area is 175 Å². The van der Waals surface area contributed by atoms with E-state index in [0.29, 0.717) is 28.2 Å². The SMILES string of the molecule is CN(c1ccc(Nc2ncc(F)c(Nc3ccc4oc(=O)[nH]c4c3)n2)cc1)S(C)(=O)=O. The summed E-state index contributed by atoms with van der Waals surface area (Å²) < 4.78 is 43.6. The van der Waals surface area contributed by atoms with Crippen LogP contribution >= 0.6 is 0 Å². The van der Waals surface area contributed by atoms with E-state index in [1.807, 2.05) is 0 Å². The lowest BCUT2D eigenvalue weighted by Gasteiger charge is -2.17. The van der Waals surface area contributed by atoms with Crippen molar-refractivity contribution in [2.24, 2.45) is 0 Å². The summed E-state index contributed by atoms with van der Waals surface area (Å²) in [5, 5.41) is 5.77. The van der Waals surface area contributed by atoms with E-state index in [1.54, 1.807) is 42.5 Å². The number of nitrogens with zero attached hydrogens (tertiary/aromatic N) is 3. The molecular weight excluding hydrogens is 427 g/mol. The van der Waals surface area contributed by atoms with Crippen LogP contribution in [0.5, 0.6) is 0 Å². The van der Waals surface area contributed by atoms with Crippen molar-refractivity contribution in [1.82, 2.24) is 15.0 Å². The summed E-state index contributed by atoms with van der Waals surface area (Å²) in [6, 6.07) is 11.3. The van der Waals surface area contributed by atoms with Crippen molar-refractivity contribution in [2.45, 2.75) is 0 Å². The Morgan fingerprint density at radius 3 is 2.52 bits per heavy atom. The Hall–Kier alpha value is -3.93. The molecule has 0 radical (unpaired) electrons. The summed E-state index contributed by atoms with van der Waals surface area (Å²) in [6.07, 6.45) is 2.13. The molecule has 0 bridgehead atoms. The topological polar surface area (TPSA) is 133 Å². The molecule has 0 spiro atoms. The number of sulfonamides is 1. The molecule has 0 atom stereocenters. The highest BCUT2D eigenvalue weighted by Crippen LogP contribution is 2.24. The quantitative estimate of drug-likeness (QED) is 0.413. The Morgan fingerprint density at radius 1 is 1.10 bits per heavy atom. The van der Waals surface area contributed by atoms with Crippen LogP contribution in [0.2, 0.25) is 0 Å². The molecule has 3 N–H and O–H groups in total. The van der Waals surface area contributed by atoms with Gasteiger partial charge in [0.2, 0.25) is 16.0 Å². The number of rotatable bonds is 6. The van der Waals surface area contributed by atoms with Crippen LogP contribution in [0.4, 0.5) is 33.2 Å². The van der Waals surface area contributed by atoms with Crippen molar-refractivity contribution in [3.05, 3.63) is 65.0 Å². The molecule has 10 nitrogen and oxygen atoms in total. The normalized spacial score (nSPS) is 11.5. The van der Waals surface area contributed by atoms with Gasteiger partial charge < -0.3 is 15.1 Å². The average Bonchev–Trinajstić information content (AvgIpc) is 3.09. The number of halogens is 1. The van der Waals surface area contributed by atoms with Gasteiger partial charge in [0.15, 0.2) is 17.2 Å². The second kappa shape index (κ2) is 7.72. The summed E-state index contributed by atoms with van der Waals surface area (Å²) in [7, 11) is -1.91. The number of anilines is 5. The summed E-state index contributed by atoms with van der Waals surface area (Å²) in [6.45, 7) is 0. The van der Waals surface area contributed by atoms with Crippen LogP contribution in [0.1, 0.15) is 0 Å². The van der Waals surface area contributed by atoms with E-state index in [2.05, 4.69) is 25.6 Å².